The minimum Gasteiger partial charge on any atom is -0.388 e. The van der Waals surface area contributed by atoms with Crippen molar-refractivity contribution in [2.24, 2.45) is 5.73 Å². The third kappa shape index (κ3) is 3.20. The molecule has 0 aliphatic rings. The molecule has 0 radical (unpaired) electrons. The average molecular weight is 264 g/mol. The highest BCUT2D eigenvalue weighted by Crippen LogP contribution is 2.02. The van der Waals surface area contributed by atoms with Crippen molar-refractivity contribution >= 4 is 23.2 Å². The Labute approximate surface area is 109 Å². The molecule has 18 heavy (non-hydrogen) atoms. The molecule has 0 saturated heterocycles. The molecular weight excluding hydrogens is 252 g/mol. The van der Waals surface area contributed by atoms with Crippen molar-refractivity contribution in [1.29, 1.82) is 0 Å². The van der Waals surface area contributed by atoms with Gasteiger partial charge in [-0.3, -0.25) is 0 Å². The Morgan fingerprint density at radius 3 is 3.00 bits per heavy atom. The van der Waals surface area contributed by atoms with Crippen molar-refractivity contribution in [3.8, 4) is 0 Å². The van der Waals surface area contributed by atoms with Crippen LogP contribution in [0.4, 0.5) is 5.95 Å². The lowest BCUT2D eigenvalue weighted by Gasteiger charge is -2.03. The zero-order valence-corrected chi connectivity index (χ0v) is 10.6. The van der Waals surface area contributed by atoms with Gasteiger partial charge < -0.3 is 15.6 Å². The van der Waals surface area contributed by atoms with Gasteiger partial charge in [0.25, 0.3) is 0 Å². The maximum absolute atomic E-state index is 5.49. The third-order valence-electron chi connectivity index (χ3n) is 2.10. The molecule has 0 aliphatic heterocycles. The van der Waals surface area contributed by atoms with Gasteiger partial charge in [0.15, 0.2) is 5.82 Å². The highest BCUT2D eigenvalue weighted by molar-refractivity contribution is 7.80. The van der Waals surface area contributed by atoms with Crippen molar-refractivity contribution < 1.29 is 4.52 Å². The summed E-state index contributed by atoms with van der Waals surface area (Å²) in [6, 6.07) is 1.66. The first-order valence-corrected chi connectivity index (χ1v) is 5.72. The molecule has 7 nitrogen and oxygen atoms in total. The third-order valence-corrected chi connectivity index (χ3v) is 2.31. The van der Waals surface area contributed by atoms with Crippen LogP contribution in [0.5, 0.6) is 0 Å². The fourth-order valence-corrected chi connectivity index (χ4v) is 1.42. The van der Waals surface area contributed by atoms with E-state index in [1.807, 2.05) is 0 Å². The van der Waals surface area contributed by atoms with Gasteiger partial charge in [-0.25, -0.2) is 9.97 Å². The molecule has 0 atom stereocenters. The molecule has 94 valence electrons. The minimum atomic E-state index is 0.243. The lowest BCUT2D eigenvalue weighted by Crippen LogP contribution is -2.14. The highest BCUT2D eigenvalue weighted by Gasteiger charge is 2.04. The number of thiocarbonyl (C=S) groups is 1. The van der Waals surface area contributed by atoms with Crippen LogP contribution in [-0.2, 0) is 6.42 Å². The van der Waals surface area contributed by atoms with Gasteiger partial charge in [0, 0.05) is 19.2 Å². The van der Waals surface area contributed by atoms with E-state index < -0.39 is 0 Å². The van der Waals surface area contributed by atoms with Gasteiger partial charge >= 0.3 is 0 Å². The molecule has 3 N–H and O–H groups in total. The number of nitrogens with two attached hydrogens (primary N) is 1. The summed E-state index contributed by atoms with van der Waals surface area (Å²) in [6.45, 7) is 2.36. The number of nitrogens with zero attached hydrogens (tertiary/aromatic N) is 4. The van der Waals surface area contributed by atoms with Gasteiger partial charge in [0.2, 0.25) is 11.8 Å². The second-order valence-corrected chi connectivity index (χ2v) is 3.98. The number of hydrogen-bond donors (Lipinski definition) is 2. The first-order valence-electron chi connectivity index (χ1n) is 5.31. The number of anilines is 1. The molecule has 0 unspecified atom stereocenters. The van der Waals surface area contributed by atoms with Gasteiger partial charge in [0.05, 0.1) is 0 Å². The second-order valence-electron chi connectivity index (χ2n) is 3.54. The minimum absolute atomic E-state index is 0.243. The quantitative estimate of drug-likeness (QED) is 0.751. The normalized spacial score (nSPS) is 10.3. The predicted molar refractivity (Wildman–Crippen MR) is 69.1 cm³/mol. The molecule has 0 spiro atoms. The molecule has 2 aromatic rings. The van der Waals surface area contributed by atoms with E-state index in [1.165, 1.54) is 0 Å². The lowest BCUT2D eigenvalue weighted by molar-refractivity contribution is 0.377. The second kappa shape index (κ2) is 5.50. The van der Waals surface area contributed by atoms with Crippen LogP contribution in [0.15, 0.2) is 16.8 Å². The zero-order valence-electron chi connectivity index (χ0n) is 9.75. The molecule has 0 aliphatic carbocycles. The van der Waals surface area contributed by atoms with Crippen molar-refractivity contribution in [1.82, 2.24) is 20.1 Å². The summed E-state index contributed by atoms with van der Waals surface area (Å²) in [5.74, 6) is 1.67. The van der Waals surface area contributed by atoms with Crippen LogP contribution in [0.2, 0.25) is 0 Å². The Morgan fingerprint density at radius 1 is 1.50 bits per heavy atom. The van der Waals surface area contributed by atoms with E-state index in [0.717, 1.165) is 0 Å². The molecule has 0 fully saturated rings. The maximum atomic E-state index is 5.49. The van der Waals surface area contributed by atoms with E-state index in [9.17, 15) is 0 Å². The largest absolute Gasteiger partial charge is 0.388 e. The number of aryl methyl sites for hydroxylation is 1. The number of aromatic nitrogens is 4. The van der Waals surface area contributed by atoms with Crippen molar-refractivity contribution in [2.45, 2.75) is 13.3 Å². The Balaban J connectivity index is 1.90. The molecule has 2 aromatic heterocycles. The zero-order chi connectivity index (χ0) is 13.0. The summed E-state index contributed by atoms with van der Waals surface area (Å²) < 4.78 is 4.98. The van der Waals surface area contributed by atoms with Crippen molar-refractivity contribution in [2.75, 3.05) is 11.9 Å². The van der Waals surface area contributed by atoms with Gasteiger partial charge in [-0.1, -0.05) is 17.4 Å². The lowest BCUT2D eigenvalue weighted by atomic mass is 10.4. The van der Waals surface area contributed by atoms with E-state index in [2.05, 4.69) is 25.4 Å². The Hall–Kier alpha value is -2.09. The summed E-state index contributed by atoms with van der Waals surface area (Å²) in [5.41, 5.74) is 6.02. The highest BCUT2D eigenvalue weighted by atomic mass is 32.1. The van der Waals surface area contributed by atoms with Crippen LogP contribution in [0.1, 0.15) is 17.4 Å². The fraction of sp³-hybridized carbons (Fsp3) is 0.300. The van der Waals surface area contributed by atoms with Gasteiger partial charge in [-0.15, -0.1) is 0 Å². The summed E-state index contributed by atoms with van der Waals surface area (Å²) in [7, 11) is 0. The molecule has 0 amide bonds. The standard InChI is InChI=1S/C10H12N6OS/c1-6-14-8(17-16-6)3-5-13-10-12-4-2-7(15-10)9(11)18/h2,4H,3,5H2,1H3,(H2,11,18)(H,12,13,15). The molecular formula is C10H12N6OS. The van der Waals surface area contributed by atoms with Gasteiger partial charge in [-0.2, -0.15) is 4.98 Å². The molecule has 2 rings (SSSR count). The van der Waals surface area contributed by atoms with Crippen LogP contribution >= 0.6 is 12.2 Å². The van der Waals surface area contributed by atoms with Crippen LogP contribution in [0.25, 0.3) is 0 Å². The summed E-state index contributed by atoms with van der Waals surface area (Å²) in [5, 5.41) is 6.73. The number of nitrogens with one attached hydrogen (secondary N) is 1. The monoisotopic (exact) mass is 264 g/mol. The van der Waals surface area contributed by atoms with E-state index in [1.54, 1.807) is 19.2 Å². The molecule has 0 saturated carbocycles. The van der Waals surface area contributed by atoms with E-state index >= 15 is 0 Å². The van der Waals surface area contributed by atoms with Crippen LogP contribution in [0.3, 0.4) is 0 Å². The van der Waals surface area contributed by atoms with Crippen LogP contribution in [-0.4, -0.2) is 31.6 Å². The van der Waals surface area contributed by atoms with Gasteiger partial charge in [0.1, 0.15) is 10.7 Å². The van der Waals surface area contributed by atoms with E-state index in [0.29, 0.717) is 36.3 Å². The number of rotatable bonds is 5. The van der Waals surface area contributed by atoms with Crippen LogP contribution < -0.4 is 11.1 Å². The maximum Gasteiger partial charge on any atom is 0.228 e. The van der Waals surface area contributed by atoms with E-state index in [4.69, 9.17) is 22.5 Å². The Kier molecular flexibility index (Phi) is 3.78. The average Bonchev–Trinajstić information content (AvgIpc) is 2.75. The summed E-state index contributed by atoms with van der Waals surface area (Å²) >= 11 is 4.84. The van der Waals surface area contributed by atoms with Crippen LogP contribution in [0, 0.1) is 6.92 Å². The van der Waals surface area contributed by atoms with Crippen molar-refractivity contribution in [3.05, 3.63) is 29.7 Å². The smallest absolute Gasteiger partial charge is 0.228 e. The molecule has 0 aromatic carbocycles. The Bertz CT molecular complexity index is 555. The van der Waals surface area contributed by atoms with Gasteiger partial charge in [-0.05, 0) is 13.0 Å². The first kappa shape index (κ1) is 12.4. The predicted octanol–water partition coefficient (Wildman–Crippen LogP) is 0.457. The fourth-order valence-electron chi connectivity index (χ4n) is 1.30. The number of hydrogen-bond acceptors (Lipinski definition) is 7. The molecule has 2 heterocycles. The first-order chi connectivity index (χ1) is 8.65. The Morgan fingerprint density at radius 2 is 2.33 bits per heavy atom. The SMILES string of the molecule is Cc1noc(CCNc2nccc(C(N)=S)n2)n1. The molecule has 0 bridgehead atoms. The molecule has 8 heteroatoms. The summed E-state index contributed by atoms with van der Waals surface area (Å²) in [6.07, 6.45) is 2.20. The van der Waals surface area contributed by atoms with Crippen molar-refractivity contribution in [3.63, 3.8) is 0 Å². The summed E-state index contributed by atoms with van der Waals surface area (Å²) in [4.78, 5) is 12.5. The van der Waals surface area contributed by atoms with E-state index in [-0.39, 0.29) is 4.99 Å². The topological polar surface area (TPSA) is 103 Å².